The average molecular weight is 165 g/mol. The normalized spacial score (nSPS) is 12.8. The molecule has 0 spiro atoms. The minimum absolute atomic E-state index is 0.310. The molecule has 1 aromatic rings. The molecule has 0 bridgehead atoms. The zero-order valence-electron chi connectivity index (χ0n) is 7.40. The van der Waals surface area contributed by atoms with Crippen LogP contribution in [0.15, 0.2) is 18.7 Å². The first-order valence-electron chi connectivity index (χ1n) is 4.32. The molecule has 0 saturated carbocycles. The first kappa shape index (κ1) is 9.13. The van der Waals surface area contributed by atoms with Gasteiger partial charge in [-0.3, -0.25) is 0 Å². The topological polar surface area (TPSA) is 51.8 Å². The summed E-state index contributed by atoms with van der Waals surface area (Å²) >= 11 is 0. The first-order chi connectivity index (χ1) is 5.83. The van der Waals surface area contributed by atoms with Crippen molar-refractivity contribution < 1.29 is 0 Å². The molecule has 1 atom stereocenters. The Labute approximate surface area is 73.0 Å². The van der Waals surface area contributed by atoms with E-state index in [1.54, 1.807) is 6.33 Å². The lowest BCUT2D eigenvalue weighted by Gasteiger charge is -2.06. The van der Waals surface area contributed by atoms with Gasteiger partial charge < -0.3 is 5.73 Å². The van der Waals surface area contributed by atoms with Gasteiger partial charge in [-0.25, -0.2) is 9.97 Å². The van der Waals surface area contributed by atoms with Gasteiger partial charge in [-0.05, 0) is 24.8 Å². The Hall–Kier alpha value is -0.960. The highest BCUT2D eigenvalue weighted by atomic mass is 14.8. The van der Waals surface area contributed by atoms with Crippen LogP contribution >= 0.6 is 0 Å². The molecule has 1 rings (SSSR count). The van der Waals surface area contributed by atoms with Gasteiger partial charge in [-0.1, -0.05) is 6.92 Å². The lowest BCUT2D eigenvalue weighted by molar-refractivity contribution is 0.594. The van der Waals surface area contributed by atoms with E-state index in [0.717, 1.165) is 19.3 Å². The summed E-state index contributed by atoms with van der Waals surface area (Å²) in [6.07, 6.45) is 8.27. The molecule has 0 saturated heterocycles. The summed E-state index contributed by atoms with van der Waals surface area (Å²) in [4.78, 5) is 7.87. The summed E-state index contributed by atoms with van der Waals surface area (Å²) in [5, 5.41) is 0. The maximum absolute atomic E-state index is 5.78. The number of nitrogens with zero attached hydrogens (tertiary/aromatic N) is 2. The van der Waals surface area contributed by atoms with Crippen molar-refractivity contribution in [3.05, 3.63) is 24.3 Å². The standard InChI is InChI=1S/C9H15N3/c1-2-9(10)4-3-8-5-11-7-12-6-8/h5-7,9H,2-4,10H2,1H3. The predicted molar refractivity (Wildman–Crippen MR) is 48.6 cm³/mol. The summed E-state index contributed by atoms with van der Waals surface area (Å²) in [7, 11) is 0. The van der Waals surface area contributed by atoms with Crippen molar-refractivity contribution in [2.75, 3.05) is 0 Å². The van der Waals surface area contributed by atoms with Crippen LogP contribution < -0.4 is 5.73 Å². The van der Waals surface area contributed by atoms with Crippen LogP contribution in [0.2, 0.25) is 0 Å². The number of nitrogens with two attached hydrogens (primary N) is 1. The second kappa shape index (κ2) is 4.83. The average Bonchev–Trinajstić information content (AvgIpc) is 2.16. The molecule has 1 aromatic heterocycles. The van der Waals surface area contributed by atoms with Crippen molar-refractivity contribution in [2.24, 2.45) is 5.73 Å². The zero-order valence-corrected chi connectivity index (χ0v) is 7.40. The Balaban J connectivity index is 2.33. The molecule has 66 valence electrons. The molecule has 0 radical (unpaired) electrons. The fraction of sp³-hybridized carbons (Fsp3) is 0.556. The smallest absolute Gasteiger partial charge is 0.115 e. The minimum atomic E-state index is 0.310. The van der Waals surface area contributed by atoms with Crippen molar-refractivity contribution in [2.45, 2.75) is 32.2 Å². The lowest BCUT2D eigenvalue weighted by atomic mass is 10.1. The first-order valence-corrected chi connectivity index (χ1v) is 4.32. The molecule has 12 heavy (non-hydrogen) atoms. The van der Waals surface area contributed by atoms with Crippen LogP contribution in [0.3, 0.4) is 0 Å². The van der Waals surface area contributed by atoms with Crippen molar-refractivity contribution in [3.8, 4) is 0 Å². The molecule has 1 unspecified atom stereocenters. The minimum Gasteiger partial charge on any atom is -0.328 e. The highest BCUT2D eigenvalue weighted by Gasteiger charge is 1.99. The molecule has 1 heterocycles. The van der Waals surface area contributed by atoms with Gasteiger partial charge in [0.2, 0.25) is 0 Å². The number of aromatic nitrogens is 2. The summed E-state index contributed by atoms with van der Waals surface area (Å²) < 4.78 is 0. The van der Waals surface area contributed by atoms with Gasteiger partial charge in [0.25, 0.3) is 0 Å². The molecule has 0 aliphatic carbocycles. The Bertz CT molecular complexity index is 210. The third-order valence-corrected chi connectivity index (χ3v) is 1.94. The highest BCUT2D eigenvalue weighted by molar-refractivity contribution is 5.02. The van der Waals surface area contributed by atoms with Crippen molar-refractivity contribution in [1.82, 2.24) is 9.97 Å². The third kappa shape index (κ3) is 2.96. The SMILES string of the molecule is CCC(N)CCc1cncnc1. The van der Waals surface area contributed by atoms with Gasteiger partial charge >= 0.3 is 0 Å². The van der Waals surface area contributed by atoms with E-state index in [2.05, 4.69) is 16.9 Å². The van der Waals surface area contributed by atoms with Crippen LogP contribution in [0.5, 0.6) is 0 Å². The quantitative estimate of drug-likeness (QED) is 0.728. The van der Waals surface area contributed by atoms with Crippen LogP contribution in [0.4, 0.5) is 0 Å². The molecule has 3 heteroatoms. The van der Waals surface area contributed by atoms with Crippen LogP contribution in [-0.2, 0) is 6.42 Å². The van der Waals surface area contributed by atoms with E-state index in [1.807, 2.05) is 12.4 Å². The van der Waals surface area contributed by atoms with Crippen LogP contribution in [-0.4, -0.2) is 16.0 Å². The Kier molecular flexibility index (Phi) is 3.67. The molecule has 3 nitrogen and oxygen atoms in total. The second-order valence-corrected chi connectivity index (χ2v) is 2.95. The maximum Gasteiger partial charge on any atom is 0.115 e. The van der Waals surface area contributed by atoms with Crippen LogP contribution in [0.1, 0.15) is 25.3 Å². The Morgan fingerprint density at radius 3 is 2.67 bits per heavy atom. The molecule has 0 amide bonds. The van der Waals surface area contributed by atoms with Gasteiger partial charge in [0, 0.05) is 18.4 Å². The van der Waals surface area contributed by atoms with E-state index >= 15 is 0 Å². The van der Waals surface area contributed by atoms with E-state index in [4.69, 9.17) is 5.73 Å². The molecule has 0 aliphatic rings. The molecule has 0 fully saturated rings. The molecule has 2 N–H and O–H groups in total. The maximum atomic E-state index is 5.78. The van der Waals surface area contributed by atoms with E-state index in [1.165, 1.54) is 5.56 Å². The van der Waals surface area contributed by atoms with Gasteiger partial charge in [0.05, 0.1) is 0 Å². The monoisotopic (exact) mass is 165 g/mol. The lowest BCUT2D eigenvalue weighted by Crippen LogP contribution is -2.19. The number of aryl methyl sites for hydroxylation is 1. The summed E-state index contributed by atoms with van der Waals surface area (Å²) in [6.45, 7) is 2.10. The molecule has 0 aromatic carbocycles. The number of rotatable bonds is 4. The fourth-order valence-corrected chi connectivity index (χ4v) is 1.02. The van der Waals surface area contributed by atoms with Gasteiger partial charge in [-0.2, -0.15) is 0 Å². The van der Waals surface area contributed by atoms with E-state index in [9.17, 15) is 0 Å². The van der Waals surface area contributed by atoms with Crippen molar-refractivity contribution in [1.29, 1.82) is 0 Å². The molecular weight excluding hydrogens is 150 g/mol. The van der Waals surface area contributed by atoms with E-state index in [-0.39, 0.29) is 0 Å². The highest BCUT2D eigenvalue weighted by Crippen LogP contribution is 2.02. The third-order valence-electron chi connectivity index (χ3n) is 1.94. The van der Waals surface area contributed by atoms with E-state index in [0.29, 0.717) is 6.04 Å². The van der Waals surface area contributed by atoms with Gasteiger partial charge in [0.1, 0.15) is 6.33 Å². The van der Waals surface area contributed by atoms with Crippen LogP contribution in [0.25, 0.3) is 0 Å². The fourth-order valence-electron chi connectivity index (χ4n) is 1.02. The Morgan fingerprint density at radius 1 is 1.42 bits per heavy atom. The molecular formula is C9H15N3. The zero-order chi connectivity index (χ0) is 8.81. The Morgan fingerprint density at radius 2 is 2.08 bits per heavy atom. The summed E-state index contributed by atoms with van der Waals surface area (Å²) in [5.74, 6) is 0. The van der Waals surface area contributed by atoms with Crippen molar-refractivity contribution in [3.63, 3.8) is 0 Å². The largest absolute Gasteiger partial charge is 0.328 e. The summed E-state index contributed by atoms with van der Waals surface area (Å²) in [6, 6.07) is 0.310. The van der Waals surface area contributed by atoms with Gasteiger partial charge in [0.15, 0.2) is 0 Å². The van der Waals surface area contributed by atoms with Crippen molar-refractivity contribution >= 4 is 0 Å². The summed E-state index contributed by atoms with van der Waals surface area (Å²) in [5.41, 5.74) is 6.95. The number of hydrogen-bond donors (Lipinski definition) is 1. The number of hydrogen-bond acceptors (Lipinski definition) is 3. The van der Waals surface area contributed by atoms with Gasteiger partial charge in [-0.15, -0.1) is 0 Å². The van der Waals surface area contributed by atoms with Crippen LogP contribution in [0, 0.1) is 0 Å². The predicted octanol–water partition coefficient (Wildman–Crippen LogP) is 1.15. The van der Waals surface area contributed by atoms with E-state index < -0.39 is 0 Å². The molecule has 0 aliphatic heterocycles. The second-order valence-electron chi connectivity index (χ2n) is 2.95.